The van der Waals surface area contributed by atoms with Crippen molar-refractivity contribution in [1.29, 1.82) is 0 Å². The third-order valence-corrected chi connectivity index (χ3v) is 7.51. The summed E-state index contributed by atoms with van der Waals surface area (Å²) in [5.41, 5.74) is 6.03. The lowest BCUT2D eigenvalue weighted by Gasteiger charge is -2.36. The Bertz CT molecular complexity index is 1250. The monoisotopic (exact) mass is 457 g/mol. The van der Waals surface area contributed by atoms with E-state index in [2.05, 4.69) is 40.4 Å². The molecule has 3 heterocycles. The Morgan fingerprint density at radius 1 is 1.06 bits per heavy atom. The highest BCUT2D eigenvalue weighted by atomic mass is 16.5. The number of carboxylic acid groups (broad SMARTS) is 1. The maximum atomic E-state index is 13.3. The summed E-state index contributed by atoms with van der Waals surface area (Å²) in [6, 6.07) is 16.7. The van der Waals surface area contributed by atoms with Gasteiger partial charge in [-0.05, 0) is 36.0 Å². The summed E-state index contributed by atoms with van der Waals surface area (Å²) in [7, 11) is 0. The molecule has 0 spiro atoms. The molecule has 0 radical (unpaired) electrons. The smallest absolute Gasteiger partial charge is 0.309 e. The molecule has 3 aromatic rings. The number of fused-ring (bicyclic) bond motifs is 3. The quantitative estimate of drug-likeness (QED) is 0.630. The highest BCUT2D eigenvalue weighted by Crippen LogP contribution is 2.37. The molecule has 3 aliphatic rings. The average molecular weight is 458 g/mol. The zero-order valence-electron chi connectivity index (χ0n) is 18.9. The van der Waals surface area contributed by atoms with E-state index < -0.39 is 5.97 Å². The van der Waals surface area contributed by atoms with Crippen molar-refractivity contribution in [2.24, 2.45) is 5.92 Å². The van der Waals surface area contributed by atoms with Crippen LogP contribution in [0.3, 0.4) is 0 Å². The van der Waals surface area contributed by atoms with Crippen molar-refractivity contribution in [2.75, 3.05) is 26.2 Å². The highest BCUT2D eigenvalue weighted by molar-refractivity contribution is 5.96. The van der Waals surface area contributed by atoms with Crippen LogP contribution in [0.15, 0.2) is 53.1 Å². The fourth-order valence-corrected chi connectivity index (χ4v) is 5.56. The topological polar surface area (TPSA) is 86.9 Å². The predicted octanol–water partition coefficient (Wildman–Crippen LogP) is 3.59. The number of hydrogen-bond donors (Lipinski definition) is 1. The Kier molecular flexibility index (Phi) is 5.21. The van der Waals surface area contributed by atoms with E-state index in [9.17, 15) is 9.59 Å². The minimum Gasteiger partial charge on any atom is -0.481 e. The van der Waals surface area contributed by atoms with Gasteiger partial charge in [-0.15, -0.1) is 0 Å². The third kappa shape index (κ3) is 3.70. The molecule has 1 atom stereocenters. The van der Waals surface area contributed by atoms with Crippen LogP contribution in [0.2, 0.25) is 0 Å². The van der Waals surface area contributed by atoms with Gasteiger partial charge in [-0.3, -0.25) is 14.5 Å². The molecule has 1 unspecified atom stereocenters. The van der Waals surface area contributed by atoms with Gasteiger partial charge in [0.1, 0.15) is 0 Å². The van der Waals surface area contributed by atoms with Gasteiger partial charge < -0.3 is 14.5 Å². The first-order valence-electron chi connectivity index (χ1n) is 12.0. The molecule has 2 aromatic carbocycles. The molecule has 174 valence electrons. The summed E-state index contributed by atoms with van der Waals surface area (Å²) >= 11 is 0. The van der Waals surface area contributed by atoms with E-state index in [1.807, 2.05) is 23.1 Å². The number of carbonyl (C=O) groups is 2. The zero-order valence-corrected chi connectivity index (χ0v) is 18.9. The van der Waals surface area contributed by atoms with Gasteiger partial charge >= 0.3 is 5.97 Å². The second-order valence-corrected chi connectivity index (χ2v) is 9.71. The Labute approximate surface area is 198 Å². The second-order valence-electron chi connectivity index (χ2n) is 9.71. The van der Waals surface area contributed by atoms with Gasteiger partial charge in [0.05, 0.1) is 5.92 Å². The molecule has 0 bridgehead atoms. The lowest BCUT2D eigenvalue weighted by molar-refractivity contribution is -0.147. The first-order chi connectivity index (χ1) is 16.6. The molecule has 2 aliphatic heterocycles. The number of aryl methyl sites for hydroxylation is 1. The van der Waals surface area contributed by atoms with Gasteiger partial charge in [-0.1, -0.05) is 53.7 Å². The van der Waals surface area contributed by atoms with Crippen LogP contribution < -0.4 is 0 Å². The molecule has 7 nitrogen and oxygen atoms in total. The molecule has 2 fully saturated rings. The molecule has 1 aromatic heterocycles. The molecule has 7 heteroatoms. The number of amides is 1. The van der Waals surface area contributed by atoms with Crippen molar-refractivity contribution in [3.8, 4) is 11.3 Å². The molecular formula is C27H27N3O4. The van der Waals surface area contributed by atoms with Gasteiger partial charge in [-0.25, -0.2) is 0 Å². The van der Waals surface area contributed by atoms with Crippen molar-refractivity contribution >= 4 is 11.9 Å². The van der Waals surface area contributed by atoms with E-state index in [1.165, 1.54) is 16.7 Å². The molecule has 6 rings (SSSR count). The van der Waals surface area contributed by atoms with Crippen LogP contribution in [0.25, 0.3) is 11.3 Å². The fourth-order valence-electron chi connectivity index (χ4n) is 5.56. The van der Waals surface area contributed by atoms with Crippen LogP contribution in [-0.2, 0) is 24.2 Å². The maximum Gasteiger partial charge on any atom is 0.309 e. The van der Waals surface area contributed by atoms with Crippen molar-refractivity contribution in [3.05, 3.63) is 76.5 Å². The molecular weight excluding hydrogens is 430 g/mol. The molecule has 34 heavy (non-hydrogen) atoms. The van der Waals surface area contributed by atoms with Gasteiger partial charge in [0.15, 0.2) is 11.5 Å². The normalized spacial score (nSPS) is 20.0. The van der Waals surface area contributed by atoms with Gasteiger partial charge in [-0.2, -0.15) is 0 Å². The van der Waals surface area contributed by atoms with E-state index in [4.69, 9.17) is 9.63 Å². The zero-order chi connectivity index (χ0) is 23.2. The van der Waals surface area contributed by atoms with E-state index in [1.54, 1.807) is 0 Å². The summed E-state index contributed by atoms with van der Waals surface area (Å²) in [4.78, 5) is 28.4. The summed E-state index contributed by atoms with van der Waals surface area (Å²) in [5, 5.41) is 13.3. The molecule has 2 saturated heterocycles. The van der Waals surface area contributed by atoms with Crippen molar-refractivity contribution in [1.82, 2.24) is 15.0 Å². The van der Waals surface area contributed by atoms with Gasteiger partial charge in [0.2, 0.25) is 0 Å². The number of rotatable bonds is 5. The van der Waals surface area contributed by atoms with E-state index >= 15 is 0 Å². The first-order valence-corrected chi connectivity index (χ1v) is 12.0. The number of aliphatic carboxylic acids is 1. The molecule has 1 aliphatic carbocycles. The first kappa shape index (κ1) is 21.1. The largest absolute Gasteiger partial charge is 0.481 e. The molecule has 0 saturated carbocycles. The summed E-state index contributed by atoms with van der Waals surface area (Å²) in [6.07, 6.45) is 2.53. The van der Waals surface area contributed by atoms with Crippen molar-refractivity contribution in [2.45, 2.75) is 31.7 Å². The van der Waals surface area contributed by atoms with E-state index in [-0.39, 0.29) is 11.8 Å². The molecule has 1 amide bonds. The van der Waals surface area contributed by atoms with Crippen LogP contribution in [0, 0.1) is 5.92 Å². The Balaban J connectivity index is 1.16. The Morgan fingerprint density at radius 3 is 2.68 bits per heavy atom. The summed E-state index contributed by atoms with van der Waals surface area (Å²) < 4.78 is 5.73. The number of likely N-dealkylation sites (tertiary alicyclic amines) is 2. The SMILES string of the molecule is O=C(O)C1CN(Cc2ccc3c(c2)CCc2c(C(=O)N4CCC(c5ccccc5)C4)noc2-3)C1. The lowest BCUT2D eigenvalue weighted by Crippen LogP contribution is -2.49. The van der Waals surface area contributed by atoms with Crippen LogP contribution in [0.4, 0.5) is 0 Å². The second kappa shape index (κ2) is 8.40. The van der Waals surface area contributed by atoms with Gasteiger partial charge in [0.25, 0.3) is 5.91 Å². The average Bonchev–Trinajstić information content (AvgIpc) is 3.49. The van der Waals surface area contributed by atoms with Crippen LogP contribution in [-0.4, -0.2) is 58.1 Å². The highest BCUT2D eigenvalue weighted by Gasteiger charge is 2.35. The lowest BCUT2D eigenvalue weighted by atomic mass is 9.88. The standard InChI is InChI=1S/C27H27N3O4/c31-26(30-11-10-20(16-30)18-4-2-1-3-5-18)24-23-9-7-19-12-17(6-8-22(19)25(23)34-28-24)13-29-14-21(15-29)27(32)33/h1-6,8,12,20-21H,7,9-11,13-16H2,(H,32,33). The minimum absolute atomic E-state index is 0.0331. The van der Waals surface area contributed by atoms with E-state index in [0.717, 1.165) is 43.5 Å². The van der Waals surface area contributed by atoms with Crippen LogP contribution in [0.5, 0.6) is 0 Å². The number of aromatic nitrogens is 1. The minimum atomic E-state index is -0.714. The number of hydrogen-bond acceptors (Lipinski definition) is 5. The number of carboxylic acids is 1. The van der Waals surface area contributed by atoms with Crippen LogP contribution >= 0.6 is 0 Å². The Morgan fingerprint density at radius 2 is 1.88 bits per heavy atom. The number of benzene rings is 2. The predicted molar refractivity (Wildman–Crippen MR) is 125 cm³/mol. The third-order valence-electron chi connectivity index (χ3n) is 7.51. The summed E-state index contributed by atoms with van der Waals surface area (Å²) in [6.45, 7) is 3.40. The Hall–Kier alpha value is -3.45. The van der Waals surface area contributed by atoms with Crippen molar-refractivity contribution < 1.29 is 19.2 Å². The number of nitrogens with zero attached hydrogens (tertiary/aromatic N) is 3. The maximum absolute atomic E-state index is 13.3. The van der Waals surface area contributed by atoms with Crippen molar-refractivity contribution in [3.63, 3.8) is 0 Å². The van der Waals surface area contributed by atoms with Crippen LogP contribution in [0.1, 0.15) is 45.1 Å². The fraction of sp³-hybridized carbons (Fsp3) is 0.370. The number of carbonyl (C=O) groups excluding carboxylic acids is 1. The molecule has 1 N–H and O–H groups in total. The van der Waals surface area contributed by atoms with Gasteiger partial charge in [0, 0.05) is 49.8 Å². The summed E-state index contributed by atoms with van der Waals surface area (Å²) in [5.74, 6) is 0.0849. The van der Waals surface area contributed by atoms with E-state index in [0.29, 0.717) is 37.0 Å².